The smallest absolute Gasteiger partial charge is 0.355 e. The Morgan fingerprint density at radius 1 is 0.926 bits per heavy atom. The lowest BCUT2D eigenvalue weighted by Gasteiger charge is -2.06. The highest BCUT2D eigenvalue weighted by molar-refractivity contribution is 5.97. The summed E-state index contributed by atoms with van der Waals surface area (Å²) in [5, 5.41) is 9.49. The third-order valence-corrected chi connectivity index (χ3v) is 4.30. The van der Waals surface area contributed by atoms with Gasteiger partial charge in [0.25, 0.3) is 0 Å². The predicted octanol–water partition coefficient (Wildman–Crippen LogP) is 3.64. The molecule has 0 fully saturated rings. The Hall–Kier alpha value is -3.25. The van der Waals surface area contributed by atoms with E-state index in [1.54, 1.807) is 20.3 Å². The summed E-state index contributed by atoms with van der Waals surface area (Å²) in [6.45, 7) is -0.111. The molecule has 6 nitrogen and oxygen atoms in total. The van der Waals surface area contributed by atoms with Gasteiger partial charge in [0.2, 0.25) is 0 Å². The summed E-state index contributed by atoms with van der Waals surface area (Å²) >= 11 is 0. The van der Waals surface area contributed by atoms with Crippen molar-refractivity contribution in [2.45, 2.75) is 6.61 Å². The van der Waals surface area contributed by atoms with E-state index in [-0.39, 0.29) is 6.61 Å². The predicted molar refractivity (Wildman–Crippen MR) is 102 cm³/mol. The average molecular weight is 367 g/mol. The second-order valence-corrected chi connectivity index (χ2v) is 5.92. The van der Waals surface area contributed by atoms with Gasteiger partial charge in [-0.05, 0) is 47.5 Å². The van der Waals surface area contributed by atoms with E-state index in [1.165, 1.54) is 7.11 Å². The molecule has 27 heavy (non-hydrogen) atoms. The van der Waals surface area contributed by atoms with Crippen LogP contribution < -0.4 is 9.47 Å². The van der Waals surface area contributed by atoms with Gasteiger partial charge < -0.3 is 24.3 Å². The number of aliphatic hydroxyl groups is 1. The van der Waals surface area contributed by atoms with Crippen molar-refractivity contribution in [3.63, 3.8) is 0 Å². The van der Waals surface area contributed by atoms with Gasteiger partial charge >= 0.3 is 5.97 Å². The number of nitrogens with one attached hydrogen (secondary N) is 1. The number of carbonyl (C=O) groups excluding carboxylic acids is 1. The molecule has 0 saturated heterocycles. The van der Waals surface area contributed by atoms with E-state index in [1.807, 2.05) is 42.5 Å². The number of H-pyrrole nitrogens is 1. The number of aromatic nitrogens is 1. The van der Waals surface area contributed by atoms with Gasteiger partial charge in [0.1, 0.15) is 17.2 Å². The van der Waals surface area contributed by atoms with Crippen LogP contribution in [0.15, 0.2) is 48.5 Å². The van der Waals surface area contributed by atoms with Crippen LogP contribution >= 0.6 is 0 Å². The number of aromatic amines is 1. The van der Waals surface area contributed by atoms with E-state index in [4.69, 9.17) is 14.2 Å². The van der Waals surface area contributed by atoms with Crippen molar-refractivity contribution in [1.29, 1.82) is 0 Å². The van der Waals surface area contributed by atoms with Crippen LogP contribution in [0.1, 0.15) is 16.1 Å². The summed E-state index contributed by atoms with van der Waals surface area (Å²) in [6.07, 6.45) is 0. The minimum atomic E-state index is -0.461. The van der Waals surface area contributed by atoms with Crippen molar-refractivity contribution >= 4 is 5.97 Å². The molecule has 0 aliphatic heterocycles. The molecule has 0 amide bonds. The van der Waals surface area contributed by atoms with Crippen molar-refractivity contribution in [3.8, 4) is 33.9 Å². The second kappa shape index (κ2) is 7.97. The first-order valence-corrected chi connectivity index (χ1v) is 8.34. The van der Waals surface area contributed by atoms with Crippen LogP contribution in [-0.2, 0) is 11.3 Å². The molecule has 2 aromatic carbocycles. The first-order chi connectivity index (χ1) is 13.1. The fourth-order valence-corrected chi connectivity index (χ4v) is 2.90. The van der Waals surface area contributed by atoms with Crippen molar-refractivity contribution in [2.24, 2.45) is 0 Å². The van der Waals surface area contributed by atoms with Crippen molar-refractivity contribution in [1.82, 2.24) is 4.98 Å². The van der Waals surface area contributed by atoms with Gasteiger partial charge in [-0.1, -0.05) is 12.1 Å². The SMILES string of the molecule is COC(=O)c1[nH]c(-c2cc(CO)cc(OC)c2)cc1-c1ccc(OC)cc1. The zero-order valence-corrected chi connectivity index (χ0v) is 15.4. The highest BCUT2D eigenvalue weighted by Gasteiger charge is 2.19. The number of esters is 1. The van der Waals surface area contributed by atoms with Gasteiger partial charge in [-0.2, -0.15) is 0 Å². The van der Waals surface area contributed by atoms with Crippen LogP contribution in [0, 0.1) is 0 Å². The van der Waals surface area contributed by atoms with Gasteiger partial charge in [-0.25, -0.2) is 4.79 Å². The molecule has 0 aliphatic rings. The van der Waals surface area contributed by atoms with Crippen LogP contribution in [0.4, 0.5) is 0 Å². The number of carbonyl (C=O) groups is 1. The van der Waals surface area contributed by atoms with E-state index in [2.05, 4.69) is 4.98 Å². The Morgan fingerprint density at radius 3 is 2.22 bits per heavy atom. The third kappa shape index (κ3) is 3.80. The van der Waals surface area contributed by atoms with Gasteiger partial charge in [0.15, 0.2) is 0 Å². The molecule has 2 N–H and O–H groups in total. The number of ether oxygens (including phenoxy) is 3. The lowest BCUT2D eigenvalue weighted by Crippen LogP contribution is -2.03. The number of rotatable bonds is 6. The van der Waals surface area contributed by atoms with Gasteiger partial charge in [0.05, 0.1) is 27.9 Å². The summed E-state index contributed by atoms with van der Waals surface area (Å²) in [5.41, 5.74) is 4.14. The monoisotopic (exact) mass is 367 g/mol. The van der Waals surface area contributed by atoms with Crippen LogP contribution in [0.3, 0.4) is 0 Å². The number of benzene rings is 2. The van der Waals surface area contributed by atoms with E-state index in [0.717, 1.165) is 22.6 Å². The van der Waals surface area contributed by atoms with E-state index in [9.17, 15) is 9.90 Å². The molecule has 3 rings (SSSR count). The second-order valence-electron chi connectivity index (χ2n) is 5.92. The Balaban J connectivity index is 2.13. The zero-order valence-electron chi connectivity index (χ0n) is 15.4. The minimum absolute atomic E-state index is 0.111. The van der Waals surface area contributed by atoms with Gasteiger partial charge in [-0.15, -0.1) is 0 Å². The molecule has 1 aromatic heterocycles. The van der Waals surface area contributed by atoms with Crippen LogP contribution in [0.5, 0.6) is 11.5 Å². The summed E-state index contributed by atoms with van der Waals surface area (Å²) in [7, 11) is 4.51. The van der Waals surface area contributed by atoms with E-state index in [0.29, 0.717) is 22.6 Å². The average Bonchev–Trinajstić information content (AvgIpc) is 3.18. The normalized spacial score (nSPS) is 10.5. The summed E-state index contributed by atoms with van der Waals surface area (Å²) in [4.78, 5) is 15.4. The number of methoxy groups -OCH3 is 3. The molecule has 0 spiro atoms. The van der Waals surface area contributed by atoms with Gasteiger partial charge in [-0.3, -0.25) is 0 Å². The summed E-state index contributed by atoms with van der Waals surface area (Å²) in [5.74, 6) is 0.892. The summed E-state index contributed by atoms with van der Waals surface area (Å²) in [6, 6.07) is 14.7. The molecular weight excluding hydrogens is 346 g/mol. The molecule has 0 aliphatic carbocycles. The summed E-state index contributed by atoms with van der Waals surface area (Å²) < 4.78 is 15.4. The molecule has 3 aromatic rings. The lowest BCUT2D eigenvalue weighted by atomic mass is 10.0. The molecule has 140 valence electrons. The van der Waals surface area contributed by atoms with E-state index < -0.39 is 5.97 Å². The third-order valence-electron chi connectivity index (χ3n) is 4.30. The highest BCUT2D eigenvalue weighted by atomic mass is 16.5. The molecule has 0 saturated carbocycles. The molecule has 0 atom stereocenters. The molecule has 6 heteroatoms. The first kappa shape index (κ1) is 18.5. The van der Waals surface area contributed by atoms with E-state index >= 15 is 0 Å². The Kier molecular flexibility index (Phi) is 5.47. The highest BCUT2D eigenvalue weighted by Crippen LogP contribution is 2.33. The Labute approximate surface area is 157 Å². The fourth-order valence-electron chi connectivity index (χ4n) is 2.90. The zero-order chi connectivity index (χ0) is 19.4. The van der Waals surface area contributed by atoms with Crippen molar-refractivity contribution in [2.75, 3.05) is 21.3 Å². The molecule has 1 heterocycles. The topological polar surface area (TPSA) is 80.8 Å². The van der Waals surface area contributed by atoms with Crippen molar-refractivity contribution in [3.05, 3.63) is 59.8 Å². The Morgan fingerprint density at radius 2 is 1.63 bits per heavy atom. The minimum Gasteiger partial charge on any atom is -0.497 e. The molecule has 0 unspecified atom stereocenters. The van der Waals surface area contributed by atoms with Crippen LogP contribution in [0.2, 0.25) is 0 Å². The quantitative estimate of drug-likeness (QED) is 0.650. The van der Waals surface area contributed by atoms with Gasteiger partial charge in [0, 0.05) is 16.8 Å². The number of hydrogen-bond acceptors (Lipinski definition) is 5. The van der Waals surface area contributed by atoms with Crippen LogP contribution in [0.25, 0.3) is 22.4 Å². The fraction of sp³-hybridized carbons (Fsp3) is 0.190. The maximum absolute atomic E-state index is 12.3. The largest absolute Gasteiger partial charge is 0.497 e. The van der Waals surface area contributed by atoms with Crippen molar-refractivity contribution < 1.29 is 24.1 Å². The maximum Gasteiger partial charge on any atom is 0.355 e. The Bertz CT molecular complexity index is 921. The molecule has 0 radical (unpaired) electrons. The van der Waals surface area contributed by atoms with Crippen LogP contribution in [-0.4, -0.2) is 37.4 Å². The number of aliphatic hydroxyl groups excluding tert-OH is 1. The standard InChI is InChI=1S/C21H21NO5/c1-25-16-6-4-14(5-7-16)18-11-19(22-20(18)21(24)27-3)15-8-13(12-23)9-17(10-15)26-2/h4-11,22-23H,12H2,1-3H3. The molecular formula is C21H21NO5. The lowest BCUT2D eigenvalue weighted by molar-refractivity contribution is 0.0596. The first-order valence-electron chi connectivity index (χ1n) is 8.34. The maximum atomic E-state index is 12.3. The number of hydrogen-bond donors (Lipinski definition) is 2. The molecule has 0 bridgehead atoms.